The molecule has 1 rings (SSSR count). The maximum absolute atomic E-state index is 12.5. The lowest BCUT2D eigenvalue weighted by Crippen LogP contribution is -2.52. The van der Waals surface area contributed by atoms with E-state index in [9.17, 15) is 4.79 Å². The summed E-state index contributed by atoms with van der Waals surface area (Å²) in [6.45, 7) is 6.76. The Balaban J connectivity index is 2.53. The van der Waals surface area contributed by atoms with Crippen molar-refractivity contribution >= 4 is 5.91 Å². The van der Waals surface area contributed by atoms with E-state index in [0.29, 0.717) is 6.61 Å². The van der Waals surface area contributed by atoms with Crippen molar-refractivity contribution in [2.24, 2.45) is 5.41 Å². The van der Waals surface area contributed by atoms with Gasteiger partial charge in [0.2, 0.25) is 5.91 Å². The standard InChI is InChI=1S/C14H28N2O2/c1-4-7-14(8-5-9-15-11-14)13(17)16-12(2)6-10-18-3/h12,15H,4-11H2,1-3H3,(H,16,17). The zero-order valence-corrected chi connectivity index (χ0v) is 12.1. The van der Waals surface area contributed by atoms with E-state index in [1.165, 1.54) is 0 Å². The summed E-state index contributed by atoms with van der Waals surface area (Å²) in [7, 11) is 1.69. The Kier molecular flexibility index (Phi) is 6.65. The smallest absolute Gasteiger partial charge is 0.227 e. The van der Waals surface area contributed by atoms with Crippen LogP contribution in [-0.4, -0.2) is 38.8 Å². The zero-order chi connectivity index (χ0) is 13.4. The molecule has 2 N–H and O–H groups in total. The summed E-state index contributed by atoms with van der Waals surface area (Å²) in [5, 5.41) is 6.52. The lowest BCUT2D eigenvalue weighted by atomic mass is 9.76. The van der Waals surface area contributed by atoms with E-state index in [-0.39, 0.29) is 17.4 Å². The summed E-state index contributed by atoms with van der Waals surface area (Å²) < 4.78 is 5.05. The van der Waals surface area contributed by atoms with E-state index in [2.05, 4.69) is 17.6 Å². The van der Waals surface area contributed by atoms with Crippen LogP contribution in [0.1, 0.15) is 46.0 Å². The molecule has 0 radical (unpaired) electrons. The molecule has 1 saturated heterocycles. The molecule has 18 heavy (non-hydrogen) atoms. The van der Waals surface area contributed by atoms with Crippen molar-refractivity contribution in [1.29, 1.82) is 0 Å². The summed E-state index contributed by atoms with van der Waals surface area (Å²) in [6.07, 6.45) is 5.01. The minimum atomic E-state index is -0.186. The molecule has 0 aromatic rings. The Bertz CT molecular complexity index is 245. The third kappa shape index (κ3) is 4.25. The topological polar surface area (TPSA) is 50.4 Å². The molecule has 0 saturated carbocycles. The second-order valence-corrected chi connectivity index (χ2v) is 5.47. The van der Waals surface area contributed by atoms with Crippen molar-refractivity contribution in [3.8, 4) is 0 Å². The van der Waals surface area contributed by atoms with E-state index in [1.54, 1.807) is 7.11 Å². The molecule has 0 bridgehead atoms. The fourth-order valence-corrected chi connectivity index (χ4v) is 2.71. The van der Waals surface area contributed by atoms with Gasteiger partial charge in [0.25, 0.3) is 0 Å². The second kappa shape index (κ2) is 7.74. The Morgan fingerprint density at radius 1 is 1.56 bits per heavy atom. The van der Waals surface area contributed by atoms with Crippen molar-refractivity contribution in [2.75, 3.05) is 26.8 Å². The molecule has 4 nitrogen and oxygen atoms in total. The molecule has 1 aliphatic rings. The Hall–Kier alpha value is -0.610. The molecule has 0 aromatic heterocycles. The first-order chi connectivity index (χ1) is 8.64. The molecule has 4 heteroatoms. The van der Waals surface area contributed by atoms with E-state index in [1.807, 2.05) is 6.92 Å². The third-order valence-electron chi connectivity index (χ3n) is 3.81. The van der Waals surface area contributed by atoms with Gasteiger partial charge in [0, 0.05) is 26.3 Å². The van der Waals surface area contributed by atoms with Gasteiger partial charge >= 0.3 is 0 Å². The van der Waals surface area contributed by atoms with Crippen molar-refractivity contribution < 1.29 is 9.53 Å². The number of methoxy groups -OCH3 is 1. The molecular weight excluding hydrogens is 228 g/mol. The van der Waals surface area contributed by atoms with Crippen molar-refractivity contribution in [1.82, 2.24) is 10.6 Å². The highest BCUT2D eigenvalue weighted by molar-refractivity contribution is 5.83. The van der Waals surface area contributed by atoms with E-state index in [4.69, 9.17) is 4.74 Å². The number of ether oxygens (including phenoxy) is 1. The first kappa shape index (κ1) is 15.4. The number of nitrogens with one attached hydrogen (secondary N) is 2. The number of carbonyl (C=O) groups is 1. The minimum absolute atomic E-state index is 0.186. The van der Waals surface area contributed by atoms with Crippen LogP contribution in [-0.2, 0) is 9.53 Å². The van der Waals surface area contributed by atoms with Crippen LogP contribution in [0.4, 0.5) is 0 Å². The van der Waals surface area contributed by atoms with Gasteiger partial charge in [-0.15, -0.1) is 0 Å². The number of piperidine rings is 1. The molecule has 2 atom stereocenters. The lowest BCUT2D eigenvalue weighted by Gasteiger charge is -2.37. The van der Waals surface area contributed by atoms with Gasteiger partial charge in [0.05, 0.1) is 5.41 Å². The van der Waals surface area contributed by atoms with E-state index >= 15 is 0 Å². The van der Waals surface area contributed by atoms with Gasteiger partial charge in [-0.1, -0.05) is 13.3 Å². The summed E-state index contributed by atoms with van der Waals surface area (Å²) >= 11 is 0. The average molecular weight is 256 g/mol. The Morgan fingerprint density at radius 2 is 2.33 bits per heavy atom. The number of hydrogen-bond donors (Lipinski definition) is 2. The molecular formula is C14H28N2O2. The first-order valence-corrected chi connectivity index (χ1v) is 7.15. The lowest BCUT2D eigenvalue weighted by molar-refractivity contribution is -0.133. The fraction of sp³-hybridized carbons (Fsp3) is 0.929. The third-order valence-corrected chi connectivity index (χ3v) is 3.81. The summed E-state index contributed by atoms with van der Waals surface area (Å²) in [4.78, 5) is 12.5. The number of amides is 1. The largest absolute Gasteiger partial charge is 0.385 e. The van der Waals surface area contributed by atoms with Crippen LogP contribution < -0.4 is 10.6 Å². The van der Waals surface area contributed by atoms with Crippen molar-refractivity contribution in [2.45, 2.75) is 52.0 Å². The van der Waals surface area contributed by atoms with Crippen LogP contribution in [0.3, 0.4) is 0 Å². The molecule has 1 fully saturated rings. The predicted octanol–water partition coefficient (Wildman–Crippen LogP) is 1.70. The Labute approximate surface area is 111 Å². The highest BCUT2D eigenvalue weighted by atomic mass is 16.5. The highest BCUT2D eigenvalue weighted by Crippen LogP contribution is 2.32. The van der Waals surface area contributed by atoms with Crippen LogP contribution in [0.15, 0.2) is 0 Å². The molecule has 1 amide bonds. The second-order valence-electron chi connectivity index (χ2n) is 5.47. The van der Waals surface area contributed by atoms with Crippen LogP contribution in [0.5, 0.6) is 0 Å². The molecule has 0 spiro atoms. The van der Waals surface area contributed by atoms with Gasteiger partial charge < -0.3 is 15.4 Å². The highest BCUT2D eigenvalue weighted by Gasteiger charge is 2.38. The fourth-order valence-electron chi connectivity index (χ4n) is 2.71. The van der Waals surface area contributed by atoms with Gasteiger partial charge in [0.15, 0.2) is 0 Å². The maximum Gasteiger partial charge on any atom is 0.227 e. The van der Waals surface area contributed by atoms with Gasteiger partial charge in [-0.05, 0) is 39.2 Å². The average Bonchev–Trinajstić information content (AvgIpc) is 2.37. The number of hydrogen-bond acceptors (Lipinski definition) is 3. The monoisotopic (exact) mass is 256 g/mol. The molecule has 1 heterocycles. The van der Waals surface area contributed by atoms with Crippen molar-refractivity contribution in [3.63, 3.8) is 0 Å². The molecule has 2 unspecified atom stereocenters. The van der Waals surface area contributed by atoms with Gasteiger partial charge in [-0.3, -0.25) is 4.79 Å². The predicted molar refractivity (Wildman–Crippen MR) is 73.5 cm³/mol. The summed E-state index contributed by atoms with van der Waals surface area (Å²) in [5.41, 5.74) is -0.186. The normalized spacial score (nSPS) is 25.7. The summed E-state index contributed by atoms with van der Waals surface area (Å²) in [6, 6.07) is 0.188. The minimum Gasteiger partial charge on any atom is -0.385 e. The molecule has 0 aromatic carbocycles. The zero-order valence-electron chi connectivity index (χ0n) is 12.1. The molecule has 1 aliphatic heterocycles. The molecule has 106 valence electrons. The maximum atomic E-state index is 12.5. The van der Waals surface area contributed by atoms with Crippen LogP contribution in [0, 0.1) is 5.41 Å². The van der Waals surface area contributed by atoms with Crippen LogP contribution >= 0.6 is 0 Å². The first-order valence-electron chi connectivity index (χ1n) is 7.15. The van der Waals surface area contributed by atoms with E-state index < -0.39 is 0 Å². The number of carbonyl (C=O) groups excluding carboxylic acids is 1. The SMILES string of the molecule is CCCC1(C(=O)NC(C)CCOC)CCCNC1. The van der Waals surface area contributed by atoms with Gasteiger partial charge in [-0.25, -0.2) is 0 Å². The summed E-state index contributed by atoms with van der Waals surface area (Å²) in [5.74, 6) is 0.222. The quantitative estimate of drug-likeness (QED) is 0.729. The van der Waals surface area contributed by atoms with Crippen LogP contribution in [0.25, 0.3) is 0 Å². The van der Waals surface area contributed by atoms with Gasteiger partial charge in [0.1, 0.15) is 0 Å². The van der Waals surface area contributed by atoms with E-state index in [0.717, 1.165) is 45.2 Å². The molecule has 0 aliphatic carbocycles. The van der Waals surface area contributed by atoms with Gasteiger partial charge in [-0.2, -0.15) is 0 Å². The Morgan fingerprint density at radius 3 is 2.89 bits per heavy atom. The number of rotatable bonds is 7. The van der Waals surface area contributed by atoms with Crippen molar-refractivity contribution in [3.05, 3.63) is 0 Å². The van der Waals surface area contributed by atoms with Crippen LogP contribution in [0.2, 0.25) is 0 Å².